The van der Waals surface area contributed by atoms with Gasteiger partial charge in [0.1, 0.15) is 0 Å². The lowest BCUT2D eigenvalue weighted by Crippen LogP contribution is -2.36. The zero-order valence-corrected chi connectivity index (χ0v) is 10.6. The fourth-order valence-electron chi connectivity index (χ4n) is 0.940. The summed E-state index contributed by atoms with van der Waals surface area (Å²) in [6.45, 7) is 9.59. The molecule has 0 rings (SSSR count). The standard InChI is InChI=1S/C9H22O4Si/c1-5-12-9(8-11-7-6-10)13-14(2,3)4/h9-10H,5-8H2,1-4H3. The maximum atomic E-state index is 8.54. The predicted molar refractivity (Wildman–Crippen MR) is 57.7 cm³/mol. The molecule has 0 bridgehead atoms. The van der Waals surface area contributed by atoms with Gasteiger partial charge in [0.2, 0.25) is 0 Å². The highest BCUT2D eigenvalue weighted by Gasteiger charge is 2.21. The third kappa shape index (κ3) is 8.65. The van der Waals surface area contributed by atoms with E-state index in [9.17, 15) is 0 Å². The lowest BCUT2D eigenvalue weighted by atomic mass is 10.6. The Morgan fingerprint density at radius 1 is 1.29 bits per heavy atom. The van der Waals surface area contributed by atoms with Crippen molar-refractivity contribution in [2.75, 3.05) is 26.4 Å². The number of ether oxygens (including phenoxy) is 2. The molecule has 0 aromatic carbocycles. The maximum absolute atomic E-state index is 8.54. The summed E-state index contributed by atoms with van der Waals surface area (Å²) >= 11 is 0. The van der Waals surface area contributed by atoms with Gasteiger partial charge in [0, 0.05) is 6.61 Å². The second-order valence-corrected chi connectivity index (χ2v) is 8.37. The van der Waals surface area contributed by atoms with Gasteiger partial charge in [0.05, 0.1) is 19.8 Å². The van der Waals surface area contributed by atoms with E-state index >= 15 is 0 Å². The first-order valence-electron chi connectivity index (χ1n) is 4.97. The predicted octanol–water partition coefficient (Wildman–Crippen LogP) is 1.21. The van der Waals surface area contributed by atoms with Gasteiger partial charge < -0.3 is 19.0 Å². The van der Waals surface area contributed by atoms with Crippen molar-refractivity contribution >= 4 is 8.32 Å². The molecule has 0 amide bonds. The largest absolute Gasteiger partial charge is 0.394 e. The molecule has 4 nitrogen and oxygen atoms in total. The summed E-state index contributed by atoms with van der Waals surface area (Å²) in [5.74, 6) is 0. The third-order valence-corrected chi connectivity index (χ3v) is 2.30. The molecule has 0 saturated heterocycles. The van der Waals surface area contributed by atoms with Crippen molar-refractivity contribution in [2.45, 2.75) is 32.9 Å². The third-order valence-electron chi connectivity index (χ3n) is 1.33. The van der Waals surface area contributed by atoms with Crippen LogP contribution in [-0.2, 0) is 13.9 Å². The molecule has 0 aromatic heterocycles. The van der Waals surface area contributed by atoms with E-state index in [4.69, 9.17) is 19.0 Å². The Hall–Kier alpha value is 0.0569. The summed E-state index contributed by atoms with van der Waals surface area (Å²) in [7, 11) is -1.59. The minimum atomic E-state index is -1.59. The summed E-state index contributed by atoms with van der Waals surface area (Å²) in [6, 6.07) is 0. The Morgan fingerprint density at radius 2 is 1.93 bits per heavy atom. The second-order valence-electron chi connectivity index (χ2n) is 3.91. The number of hydrogen-bond acceptors (Lipinski definition) is 4. The zero-order valence-electron chi connectivity index (χ0n) is 9.58. The van der Waals surface area contributed by atoms with Crippen LogP contribution in [0, 0.1) is 0 Å². The van der Waals surface area contributed by atoms with Crippen LogP contribution in [0.1, 0.15) is 6.92 Å². The minimum Gasteiger partial charge on any atom is -0.394 e. The highest BCUT2D eigenvalue weighted by atomic mass is 28.4. The SMILES string of the molecule is CCOC(COCCO)O[Si](C)(C)C. The van der Waals surface area contributed by atoms with E-state index in [1.165, 1.54) is 0 Å². The molecule has 0 heterocycles. The molecule has 0 aliphatic heterocycles. The van der Waals surface area contributed by atoms with Crippen molar-refractivity contribution in [3.8, 4) is 0 Å². The molecule has 1 unspecified atom stereocenters. The van der Waals surface area contributed by atoms with Crippen molar-refractivity contribution in [3.05, 3.63) is 0 Å². The van der Waals surface area contributed by atoms with E-state index in [0.717, 1.165) is 0 Å². The molecular weight excluding hydrogens is 200 g/mol. The highest BCUT2D eigenvalue weighted by molar-refractivity contribution is 6.69. The average Bonchev–Trinajstić information content (AvgIpc) is 2.02. The number of hydrogen-bond donors (Lipinski definition) is 1. The fraction of sp³-hybridized carbons (Fsp3) is 1.00. The lowest BCUT2D eigenvalue weighted by Gasteiger charge is -2.25. The second kappa shape index (κ2) is 7.36. The number of aliphatic hydroxyl groups is 1. The maximum Gasteiger partial charge on any atom is 0.187 e. The van der Waals surface area contributed by atoms with Crippen LogP contribution < -0.4 is 0 Å². The highest BCUT2D eigenvalue weighted by Crippen LogP contribution is 2.08. The molecule has 0 radical (unpaired) electrons. The topological polar surface area (TPSA) is 47.9 Å². The van der Waals surface area contributed by atoms with Gasteiger partial charge in [0.15, 0.2) is 14.6 Å². The molecule has 86 valence electrons. The van der Waals surface area contributed by atoms with E-state index in [0.29, 0.717) is 19.8 Å². The van der Waals surface area contributed by atoms with Crippen LogP contribution in [0.5, 0.6) is 0 Å². The minimum absolute atomic E-state index is 0.0335. The van der Waals surface area contributed by atoms with Gasteiger partial charge in [-0.05, 0) is 26.6 Å². The van der Waals surface area contributed by atoms with Gasteiger partial charge in [-0.1, -0.05) is 0 Å². The Balaban J connectivity index is 3.77. The fourth-order valence-corrected chi connectivity index (χ4v) is 1.87. The Morgan fingerprint density at radius 3 is 2.36 bits per heavy atom. The average molecular weight is 222 g/mol. The molecule has 0 aromatic rings. The number of rotatable bonds is 8. The molecule has 1 N–H and O–H groups in total. The van der Waals surface area contributed by atoms with Crippen LogP contribution in [0.2, 0.25) is 19.6 Å². The Bertz CT molecular complexity index is 135. The van der Waals surface area contributed by atoms with Gasteiger partial charge in [-0.15, -0.1) is 0 Å². The molecular formula is C9H22O4Si. The van der Waals surface area contributed by atoms with Gasteiger partial charge >= 0.3 is 0 Å². The van der Waals surface area contributed by atoms with E-state index in [1.807, 2.05) is 6.92 Å². The summed E-state index contributed by atoms with van der Waals surface area (Å²) in [6.07, 6.45) is -0.293. The molecule has 0 saturated carbocycles. The first-order valence-corrected chi connectivity index (χ1v) is 8.38. The van der Waals surface area contributed by atoms with Crippen molar-refractivity contribution in [1.82, 2.24) is 0 Å². The van der Waals surface area contributed by atoms with Crippen molar-refractivity contribution in [1.29, 1.82) is 0 Å². The van der Waals surface area contributed by atoms with Gasteiger partial charge in [-0.3, -0.25) is 0 Å². The van der Waals surface area contributed by atoms with Gasteiger partial charge in [-0.2, -0.15) is 0 Å². The van der Waals surface area contributed by atoms with Crippen LogP contribution in [0.3, 0.4) is 0 Å². The molecule has 0 spiro atoms. The molecule has 0 aliphatic rings. The van der Waals surface area contributed by atoms with Crippen LogP contribution in [0.4, 0.5) is 0 Å². The smallest absolute Gasteiger partial charge is 0.187 e. The van der Waals surface area contributed by atoms with E-state index < -0.39 is 8.32 Å². The van der Waals surface area contributed by atoms with Crippen LogP contribution in [0.25, 0.3) is 0 Å². The normalized spacial score (nSPS) is 14.4. The summed E-state index contributed by atoms with van der Waals surface area (Å²) in [5, 5.41) is 8.54. The van der Waals surface area contributed by atoms with Crippen LogP contribution in [-0.4, -0.2) is 46.1 Å². The first-order chi connectivity index (χ1) is 6.49. The number of aliphatic hydroxyl groups excluding tert-OH is 1. The van der Waals surface area contributed by atoms with Gasteiger partial charge in [-0.25, -0.2) is 0 Å². The van der Waals surface area contributed by atoms with Crippen molar-refractivity contribution in [2.24, 2.45) is 0 Å². The van der Waals surface area contributed by atoms with E-state index in [-0.39, 0.29) is 12.9 Å². The summed E-state index contributed by atoms with van der Waals surface area (Å²) in [4.78, 5) is 0. The van der Waals surface area contributed by atoms with Crippen LogP contribution >= 0.6 is 0 Å². The van der Waals surface area contributed by atoms with E-state index in [1.54, 1.807) is 0 Å². The summed E-state index contributed by atoms with van der Waals surface area (Å²) < 4.78 is 16.3. The van der Waals surface area contributed by atoms with Crippen molar-refractivity contribution in [3.63, 3.8) is 0 Å². The Labute approximate surface area is 87.3 Å². The molecule has 14 heavy (non-hydrogen) atoms. The van der Waals surface area contributed by atoms with E-state index in [2.05, 4.69) is 19.6 Å². The molecule has 0 aliphatic carbocycles. The first kappa shape index (κ1) is 14.1. The van der Waals surface area contributed by atoms with Crippen molar-refractivity contribution < 1.29 is 19.0 Å². The summed E-state index contributed by atoms with van der Waals surface area (Å²) in [5.41, 5.74) is 0. The molecule has 0 fully saturated rings. The molecule has 5 heteroatoms. The molecule has 1 atom stereocenters. The van der Waals surface area contributed by atoms with Crippen LogP contribution in [0.15, 0.2) is 0 Å². The zero-order chi connectivity index (χ0) is 11.0. The Kier molecular flexibility index (Phi) is 7.39. The van der Waals surface area contributed by atoms with Gasteiger partial charge in [0.25, 0.3) is 0 Å². The quantitative estimate of drug-likeness (QED) is 0.381. The monoisotopic (exact) mass is 222 g/mol. The lowest BCUT2D eigenvalue weighted by molar-refractivity contribution is -0.124.